The fraction of sp³-hybridized carbons (Fsp3) is 0.930. The zero-order chi connectivity index (χ0) is 48.2. The van der Waals surface area contributed by atoms with Gasteiger partial charge >= 0.3 is 5.97 Å². The van der Waals surface area contributed by atoms with Gasteiger partial charge in [-0.2, -0.15) is 0 Å². The lowest BCUT2D eigenvalue weighted by molar-refractivity contribution is -0.388. The van der Waals surface area contributed by atoms with Crippen molar-refractivity contribution in [2.75, 3.05) is 26.4 Å². The zero-order valence-electron chi connectivity index (χ0n) is 37.0. The Morgan fingerprint density at radius 3 is 1.52 bits per heavy atom. The molecule has 0 aromatic heterocycles. The van der Waals surface area contributed by atoms with Crippen molar-refractivity contribution in [3.63, 3.8) is 0 Å². The molecule has 380 valence electrons. The number of hydrogen-bond acceptors (Lipinski definition) is 23. The summed E-state index contributed by atoms with van der Waals surface area (Å²) in [4.78, 5) is 15.0. The Balaban J connectivity index is 1.14. The van der Waals surface area contributed by atoms with Crippen LogP contribution in [0.5, 0.6) is 0 Å². The standard InChI is InChI=1S/C43H70O23/c1-16-11-17-5-8-24-42(2,18(17)6-7-19(16)59-37-32(55)29(52)25(48)20(12-44)60-37)9-4-10-43(24,3)41(58)66-40-36(65-39-34(57)31(54)27(50)22(14-46)62-39)35(28(51)23(15-47)63-40)64-38-33(56)30(53)26(49)21(13-45)61-38/h17-40,44-57H,1,4-15H2,2-3H3/t17?,18-,19?,20?,21?,22?,23?,24?,25?,26?,27?,28?,29?,30?,31?,32?,33?,34?,35?,36?,37?,38?,39?,40?,42+,43-/m1/s1. The molecule has 3 aliphatic carbocycles. The second-order valence-electron chi connectivity index (χ2n) is 19.8. The van der Waals surface area contributed by atoms with E-state index in [1.54, 1.807) is 6.92 Å². The third-order valence-electron chi connectivity index (χ3n) is 15.9. The van der Waals surface area contributed by atoms with Crippen LogP contribution in [0.1, 0.15) is 65.2 Å². The highest BCUT2D eigenvalue weighted by atomic mass is 16.8. The average molecular weight is 955 g/mol. The van der Waals surface area contributed by atoms with Gasteiger partial charge in [-0.1, -0.05) is 19.9 Å². The molecule has 26 atom stereocenters. The summed E-state index contributed by atoms with van der Waals surface area (Å²) in [5, 5.41) is 147. The smallest absolute Gasteiger partial charge is 0.314 e. The van der Waals surface area contributed by atoms with Crippen LogP contribution < -0.4 is 0 Å². The summed E-state index contributed by atoms with van der Waals surface area (Å²) in [5.74, 6) is -0.865. The van der Waals surface area contributed by atoms with Crippen LogP contribution in [-0.4, -0.2) is 233 Å². The van der Waals surface area contributed by atoms with Crippen molar-refractivity contribution in [1.29, 1.82) is 0 Å². The Labute approximate surface area is 381 Å². The van der Waals surface area contributed by atoms with Crippen LogP contribution in [0.2, 0.25) is 0 Å². The van der Waals surface area contributed by atoms with Crippen molar-refractivity contribution >= 4 is 5.97 Å². The van der Waals surface area contributed by atoms with Crippen LogP contribution in [0.3, 0.4) is 0 Å². The zero-order valence-corrected chi connectivity index (χ0v) is 37.0. The van der Waals surface area contributed by atoms with Gasteiger partial charge in [0.25, 0.3) is 0 Å². The van der Waals surface area contributed by atoms with Crippen molar-refractivity contribution < 1.29 is 114 Å². The van der Waals surface area contributed by atoms with Gasteiger partial charge in [-0.05, 0) is 80.6 Å². The summed E-state index contributed by atoms with van der Waals surface area (Å²) in [6.07, 6.45) is -30.5. The molecule has 0 spiro atoms. The van der Waals surface area contributed by atoms with E-state index in [2.05, 4.69) is 13.5 Å². The molecule has 7 aliphatic rings. The minimum atomic E-state index is -2.01. The van der Waals surface area contributed by atoms with Crippen LogP contribution in [0.25, 0.3) is 0 Å². The lowest BCUT2D eigenvalue weighted by Gasteiger charge is -2.59. The van der Waals surface area contributed by atoms with Gasteiger partial charge in [0.15, 0.2) is 25.0 Å². The summed E-state index contributed by atoms with van der Waals surface area (Å²) < 4.78 is 47.3. The van der Waals surface area contributed by atoms with E-state index < -0.39 is 172 Å². The normalized spacial score (nSPS) is 52.5. The van der Waals surface area contributed by atoms with E-state index >= 15 is 0 Å². The monoisotopic (exact) mass is 954 g/mol. The Hall–Kier alpha value is -1.63. The number of aliphatic hydroxyl groups excluding tert-OH is 14. The summed E-state index contributed by atoms with van der Waals surface area (Å²) in [6.45, 7) is 5.08. The predicted molar refractivity (Wildman–Crippen MR) is 217 cm³/mol. The average Bonchev–Trinajstić information content (AvgIpc) is 3.46. The number of carbonyl (C=O) groups excluding carboxylic acids is 1. The van der Waals surface area contributed by atoms with Gasteiger partial charge in [0.1, 0.15) is 91.6 Å². The maximum atomic E-state index is 15.0. The SMILES string of the molecule is C=C1CC2CCC3[C@](C)(C(=O)OC4OC(CO)C(O)C(OC5OC(CO)C(O)C(O)C5O)C4OC4OC(CO)C(O)C(O)C4O)CCC[C@@]3(C)[C@@H]2CCC1OC1OC(CO)C(O)C(O)C1O. The van der Waals surface area contributed by atoms with Gasteiger partial charge in [0.2, 0.25) is 6.29 Å². The fourth-order valence-electron chi connectivity index (χ4n) is 12.0. The maximum Gasteiger partial charge on any atom is 0.314 e. The molecule has 3 saturated carbocycles. The molecule has 0 amide bonds. The Morgan fingerprint density at radius 1 is 0.561 bits per heavy atom. The molecule has 23 heteroatoms. The maximum absolute atomic E-state index is 15.0. The van der Waals surface area contributed by atoms with E-state index in [4.69, 9.17) is 37.9 Å². The predicted octanol–water partition coefficient (Wildman–Crippen LogP) is -5.26. The molecular formula is C43H70O23. The molecule has 4 aliphatic heterocycles. The van der Waals surface area contributed by atoms with Gasteiger partial charge in [-0.15, -0.1) is 0 Å². The van der Waals surface area contributed by atoms with Crippen molar-refractivity contribution in [3.05, 3.63) is 12.2 Å². The first-order chi connectivity index (χ1) is 31.2. The topological polar surface area (TPSA) is 374 Å². The molecule has 4 saturated heterocycles. The highest BCUT2D eigenvalue weighted by Crippen LogP contribution is 2.64. The largest absolute Gasteiger partial charge is 0.432 e. The Morgan fingerprint density at radius 2 is 1.02 bits per heavy atom. The van der Waals surface area contributed by atoms with E-state index in [9.17, 15) is 76.3 Å². The van der Waals surface area contributed by atoms with Crippen molar-refractivity contribution in [1.82, 2.24) is 0 Å². The van der Waals surface area contributed by atoms with Crippen molar-refractivity contribution in [3.8, 4) is 0 Å². The quantitative estimate of drug-likeness (QED) is 0.0642. The number of aliphatic hydroxyl groups is 14. The second kappa shape index (κ2) is 21.0. The first kappa shape index (κ1) is 52.2. The Kier molecular flexibility index (Phi) is 16.6. The minimum absolute atomic E-state index is 0.0438. The fourth-order valence-corrected chi connectivity index (χ4v) is 12.0. The van der Waals surface area contributed by atoms with Crippen molar-refractivity contribution in [2.24, 2.45) is 28.6 Å². The number of fused-ring (bicyclic) bond motifs is 3. The third kappa shape index (κ3) is 9.61. The lowest BCUT2D eigenvalue weighted by Crippen LogP contribution is -2.67. The van der Waals surface area contributed by atoms with E-state index in [0.717, 1.165) is 12.0 Å². The highest BCUT2D eigenvalue weighted by molar-refractivity contribution is 5.77. The molecule has 23 unspecified atom stereocenters. The van der Waals surface area contributed by atoms with Gasteiger partial charge < -0.3 is 109 Å². The third-order valence-corrected chi connectivity index (χ3v) is 15.9. The number of ether oxygens (including phenoxy) is 8. The van der Waals surface area contributed by atoms with Crippen molar-refractivity contribution in [2.45, 2.75) is 194 Å². The van der Waals surface area contributed by atoms with Crippen LogP contribution >= 0.6 is 0 Å². The summed E-state index contributed by atoms with van der Waals surface area (Å²) in [7, 11) is 0. The van der Waals surface area contributed by atoms with E-state index in [0.29, 0.717) is 44.9 Å². The van der Waals surface area contributed by atoms with Crippen LogP contribution in [0.4, 0.5) is 0 Å². The van der Waals surface area contributed by atoms with Crippen LogP contribution in [0.15, 0.2) is 12.2 Å². The van der Waals surface area contributed by atoms with Gasteiger partial charge in [-0.25, -0.2) is 0 Å². The molecule has 7 rings (SSSR count). The molecule has 14 N–H and O–H groups in total. The Bertz CT molecular complexity index is 1640. The van der Waals surface area contributed by atoms with E-state index in [1.807, 2.05) is 0 Å². The minimum Gasteiger partial charge on any atom is -0.432 e. The van der Waals surface area contributed by atoms with E-state index in [-0.39, 0.29) is 17.8 Å². The molecule has 66 heavy (non-hydrogen) atoms. The first-order valence-electron chi connectivity index (χ1n) is 23.0. The molecule has 0 radical (unpaired) electrons. The molecule has 4 heterocycles. The molecular weight excluding hydrogens is 884 g/mol. The van der Waals surface area contributed by atoms with Gasteiger partial charge in [0, 0.05) is 0 Å². The number of hydrogen-bond donors (Lipinski definition) is 14. The summed E-state index contributed by atoms with van der Waals surface area (Å²) in [5.41, 5.74) is -0.894. The van der Waals surface area contributed by atoms with Crippen LogP contribution in [-0.2, 0) is 42.7 Å². The first-order valence-corrected chi connectivity index (χ1v) is 23.0. The molecule has 0 bridgehead atoms. The number of carbonyl (C=O) groups is 1. The van der Waals surface area contributed by atoms with E-state index in [1.165, 1.54) is 0 Å². The van der Waals surface area contributed by atoms with Gasteiger partial charge in [0.05, 0.1) is 37.9 Å². The molecule has 7 fully saturated rings. The summed E-state index contributed by atoms with van der Waals surface area (Å²) >= 11 is 0. The molecule has 0 aromatic carbocycles. The summed E-state index contributed by atoms with van der Waals surface area (Å²) in [6, 6.07) is 0. The number of esters is 1. The molecule has 0 aromatic rings. The lowest BCUT2D eigenvalue weighted by atomic mass is 9.45. The van der Waals surface area contributed by atoms with Crippen LogP contribution in [0, 0.1) is 28.6 Å². The highest BCUT2D eigenvalue weighted by Gasteiger charge is 2.62. The van der Waals surface area contributed by atoms with Gasteiger partial charge in [-0.3, -0.25) is 4.79 Å². The molecule has 23 nitrogen and oxygen atoms in total. The second-order valence-corrected chi connectivity index (χ2v) is 19.8. The number of rotatable bonds is 12.